The van der Waals surface area contributed by atoms with Crippen molar-refractivity contribution in [3.63, 3.8) is 0 Å². The Balaban J connectivity index is 1.36. The average molecular weight is 372 g/mol. The van der Waals surface area contributed by atoms with Crippen LogP contribution in [-0.4, -0.2) is 47.9 Å². The van der Waals surface area contributed by atoms with Gasteiger partial charge in [0.2, 0.25) is 11.8 Å². The molecule has 2 amide bonds. The maximum absolute atomic E-state index is 12.3. The van der Waals surface area contributed by atoms with Gasteiger partial charge >= 0.3 is 0 Å². The number of fused-ring (bicyclic) bond motifs is 3. The molecule has 1 aromatic carbocycles. The molecule has 3 fully saturated rings. The van der Waals surface area contributed by atoms with Gasteiger partial charge in [0.1, 0.15) is 0 Å². The highest BCUT2D eigenvalue weighted by atomic mass is 32.1. The first-order valence-electron chi connectivity index (χ1n) is 9.50. The maximum Gasteiger partial charge on any atom is 0.243 e. The Hall–Kier alpha value is -1.57. The number of nitrogens with one attached hydrogen (secondary N) is 2. The summed E-state index contributed by atoms with van der Waals surface area (Å²) in [6.45, 7) is 2.84. The van der Waals surface area contributed by atoms with Crippen molar-refractivity contribution in [3.8, 4) is 0 Å². The van der Waals surface area contributed by atoms with E-state index in [1.54, 1.807) is 0 Å². The summed E-state index contributed by atoms with van der Waals surface area (Å²) in [5, 5.41) is 6.04. The van der Waals surface area contributed by atoms with Crippen LogP contribution in [0.15, 0.2) is 18.2 Å². The van der Waals surface area contributed by atoms with Gasteiger partial charge in [0.05, 0.1) is 11.4 Å². The number of hydrogen-bond acceptors (Lipinski definition) is 6. The van der Waals surface area contributed by atoms with E-state index in [4.69, 9.17) is 12.6 Å². The highest BCUT2D eigenvalue weighted by Crippen LogP contribution is 2.41. The second kappa shape index (κ2) is 6.25. The number of imide groups is 1. The zero-order chi connectivity index (χ0) is 17.8. The van der Waals surface area contributed by atoms with Crippen LogP contribution in [0, 0.1) is 0 Å². The lowest BCUT2D eigenvalue weighted by atomic mass is 10.0. The summed E-state index contributed by atoms with van der Waals surface area (Å²) in [5.74, 6) is -0.360. The molecule has 1 aromatic rings. The molecular weight excluding hydrogens is 348 g/mol. The molecule has 2 bridgehead atoms. The van der Waals surface area contributed by atoms with Crippen molar-refractivity contribution >= 4 is 30.1 Å². The minimum absolute atomic E-state index is 0.0952. The molecule has 4 unspecified atom stereocenters. The third-order valence-corrected chi connectivity index (χ3v) is 6.84. The quantitative estimate of drug-likeness (QED) is 0.537. The summed E-state index contributed by atoms with van der Waals surface area (Å²) in [7, 11) is 0. The van der Waals surface area contributed by atoms with Crippen molar-refractivity contribution in [2.75, 3.05) is 18.0 Å². The summed E-state index contributed by atoms with van der Waals surface area (Å²) in [6, 6.07) is 7.58. The lowest BCUT2D eigenvalue weighted by Crippen LogP contribution is -2.51. The van der Waals surface area contributed by atoms with E-state index in [-0.39, 0.29) is 23.2 Å². The van der Waals surface area contributed by atoms with Crippen molar-refractivity contribution < 1.29 is 9.59 Å². The van der Waals surface area contributed by atoms with E-state index in [0.29, 0.717) is 31.5 Å². The summed E-state index contributed by atoms with van der Waals surface area (Å²) >= 11 is 4.78. The first-order valence-corrected chi connectivity index (χ1v) is 10.0. The summed E-state index contributed by atoms with van der Waals surface area (Å²) in [4.78, 5) is 28.3. The van der Waals surface area contributed by atoms with Crippen LogP contribution < -0.4 is 15.5 Å². The molecule has 4 heterocycles. The number of thiol groups is 1. The smallest absolute Gasteiger partial charge is 0.243 e. The molecule has 4 aliphatic rings. The fraction of sp³-hybridized carbons (Fsp3) is 0.579. The van der Waals surface area contributed by atoms with Crippen LogP contribution in [-0.2, 0) is 16.1 Å². The fourth-order valence-corrected chi connectivity index (χ4v) is 5.42. The summed E-state index contributed by atoms with van der Waals surface area (Å²) < 4.78 is 0. The molecule has 4 aliphatic heterocycles. The number of piperazine rings is 1. The fourth-order valence-electron chi connectivity index (χ4n) is 4.93. The molecule has 0 saturated carbocycles. The Bertz CT molecular complexity index is 758. The normalized spacial score (nSPS) is 34.1. The standard InChI is InChI=1S/C19H24N4O2S/c24-17-6-5-16(18(25)21-17)23-8-11-7-14(3-4-15(11)19(23)26)22-9-12-1-2-13(10-22)20-12/h3-4,7,12-13,16,19-20,26H,1-2,5-6,8-10H2,(H,21,24,25). The number of piperidine rings is 1. The molecule has 138 valence electrons. The number of rotatable bonds is 2. The van der Waals surface area contributed by atoms with Gasteiger partial charge in [-0.2, -0.15) is 12.6 Å². The largest absolute Gasteiger partial charge is 0.368 e. The van der Waals surface area contributed by atoms with Gasteiger partial charge < -0.3 is 10.2 Å². The van der Waals surface area contributed by atoms with Crippen molar-refractivity contribution in [3.05, 3.63) is 29.3 Å². The number of nitrogens with zero attached hydrogens (tertiary/aromatic N) is 2. The molecule has 0 radical (unpaired) electrons. The maximum atomic E-state index is 12.3. The number of amides is 2. The minimum atomic E-state index is -0.277. The number of benzene rings is 1. The lowest BCUT2D eigenvalue weighted by molar-refractivity contribution is -0.137. The van der Waals surface area contributed by atoms with Crippen LogP contribution in [0.1, 0.15) is 42.2 Å². The van der Waals surface area contributed by atoms with Crippen LogP contribution in [0.2, 0.25) is 0 Å². The highest BCUT2D eigenvalue weighted by molar-refractivity contribution is 7.80. The topological polar surface area (TPSA) is 64.7 Å². The predicted molar refractivity (Wildman–Crippen MR) is 102 cm³/mol. The molecule has 0 aliphatic carbocycles. The molecule has 0 spiro atoms. The molecule has 3 saturated heterocycles. The number of carbonyl (C=O) groups excluding carboxylic acids is 2. The van der Waals surface area contributed by atoms with Crippen molar-refractivity contribution in [1.29, 1.82) is 0 Å². The molecular formula is C19H24N4O2S. The zero-order valence-electron chi connectivity index (χ0n) is 14.6. The van der Waals surface area contributed by atoms with Crippen LogP contribution in [0.5, 0.6) is 0 Å². The summed E-state index contributed by atoms with van der Waals surface area (Å²) in [6.07, 6.45) is 3.52. The van der Waals surface area contributed by atoms with Crippen LogP contribution >= 0.6 is 12.6 Å². The van der Waals surface area contributed by atoms with Crippen LogP contribution in [0.25, 0.3) is 0 Å². The Morgan fingerprint density at radius 3 is 2.58 bits per heavy atom. The zero-order valence-corrected chi connectivity index (χ0v) is 15.5. The third kappa shape index (κ3) is 2.73. The van der Waals surface area contributed by atoms with Gasteiger partial charge in [-0.15, -0.1) is 0 Å². The molecule has 5 rings (SSSR count). The Morgan fingerprint density at radius 1 is 1.08 bits per heavy atom. The van der Waals surface area contributed by atoms with Gasteiger partial charge in [0.25, 0.3) is 0 Å². The van der Waals surface area contributed by atoms with Gasteiger partial charge in [-0.05, 0) is 42.5 Å². The van der Waals surface area contributed by atoms with E-state index in [2.05, 4.69) is 38.6 Å². The molecule has 2 N–H and O–H groups in total. The van der Waals surface area contributed by atoms with E-state index in [0.717, 1.165) is 13.1 Å². The number of hydrogen-bond donors (Lipinski definition) is 3. The Labute approximate surface area is 158 Å². The van der Waals surface area contributed by atoms with Gasteiger partial charge in [-0.1, -0.05) is 6.07 Å². The van der Waals surface area contributed by atoms with Gasteiger partial charge in [-0.25, -0.2) is 0 Å². The number of carbonyl (C=O) groups is 2. The van der Waals surface area contributed by atoms with Gasteiger partial charge in [0.15, 0.2) is 0 Å². The first kappa shape index (κ1) is 16.6. The average Bonchev–Trinajstić information content (AvgIpc) is 3.13. The monoisotopic (exact) mass is 372 g/mol. The molecule has 6 nitrogen and oxygen atoms in total. The summed E-state index contributed by atoms with van der Waals surface area (Å²) in [5.41, 5.74) is 3.70. The van der Waals surface area contributed by atoms with Gasteiger partial charge in [0, 0.05) is 43.8 Å². The van der Waals surface area contributed by atoms with E-state index in [9.17, 15) is 9.59 Å². The molecule has 0 aromatic heterocycles. The number of anilines is 1. The van der Waals surface area contributed by atoms with Crippen LogP contribution in [0.4, 0.5) is 5.69 Å². The third-order valence-electron chi connectivity index (χ3n) is 6.26. The van der Waals surface area contributed by atoms with Crippen LogP contribution in [0.3, 0.4) is 0 Å². The lowest BCUT2D eigenvalue weighted by Gasteiger charge is -2.34. The van der Waals surface area contributed by atoms with Crippen molar-refractivity contribution in [2.45, 2.75) is 55.7 Å². The first-order chi connectivity index (χ1) is 12.6. The van der Waals surface area contributed by atoms with Gasteiger partial charge in [-0.3, -0.25) is 19.8 Å². The van der Waals surface area contributed by atoms with E-state index in [1.165, 1.54) is 29.7 Å². The highest BCUT2D eigenvalue weighted by Gasteiger charge is 2.39. The van der Waals surface area contributed by atoms with E-state index >= 15 is 0 Å². The van der Waals surface area contributed by atoms with Crippen molar-refractivity contribution in [2.24, 2.45) is 0 Å². The molecule has 26 heavy (non-hydrogen) atoms. The van der Waals surface area contributed by atoms with E-state index in [1.807, 2.05) is 0 Å². The Kier molecular flexibility index (Phi) is 3.99. The minimum Gasteiger partial charge on any atom is -0.368 e. The van der Waals surface area contributed by atoms with E-state index < -0.39 is 0 Å². The SMILES string of the molecule is O=C1CCC(N2Cc3cc(N4CC5CCC(C4)N5)ccc3C2S)C(=O)N1. The Morgan fingerprint density at radius 2 is 1.85 bits per heavy atom. The predicted octanol–water partition coefficient (Wildman–Crippen LogP) is 1.18. The second-order valence-corrected chi connectivity index (χ2v) is 8.43. The molecule has 7 heteroatoms. The van der Waals surface area contributed by atoms with Crippen molar-refractivity contribution in [1.82, 2.24) is 15.5 Å². The second-order valence-electron chi connectivity index (χ2n) is 7.94. The molecule has 4 atom stereocenters.